The molecule has 0 unspecified atom stereocenters. The first kappa shape index (κ1) is 21.9. The molecule has 4 aromatic rings. The molecule has 0 N–H and O–H groups in total. The van der Waals surface area contributed by atoms with Crippen molar-refractivity contribution in [1.82, 2.24) is 14.2 Å². The summed E-state index contributed by atoms with van der Waals surface area (Å²) in [7, 11) is -8.27. The van der Waals surface area contributed by atoms with Crippen molar-refractivity contribution in [3.05, 3.63) is 89.7 Å². The largest absolute Gasteiger partial charge is 0.283 e. The predicted molar refractivity (Wildman–Crippen MR) is 121 cm³/mol. The number of aromatic nitrogens is 3. The molecular weight excluding hydrogens is 446 g/mol. The zero-order valence-electron chi connectivity index (χ0n) is 17.7. The third kappa shape index (κ3) is 3.74. The maximum Gasteiger partial charge on any atom is 0.283 e. The lowest BCUT2D eigenvalue weighted by Crippen LogP contribution is -2.17. The molecule has 0 aliphatic heterocycles. The molecule has 0 saturated heterocycles. The highest BCUT2D eigenvalue weighted by molar-refractivity contribution is 7.92. The van der Waals surface area contributed by atoms with Crippen molar-refractivity contribution in [2.24, 2.45) is 0 Å². The molecule has 9 heteroatoms. The topological polar surface area (TPSA) is 99.0 Å². The van der Waals surface area contributed by atoms with E-state index >= 15 is 0 Å². The molecule has 0 atom stereocenters. The molecule has 2 heterocycles. The molecule has 32 heavy (non-hydrogen) atoms. The lowest BCUT2D eigenvalue weighted by molar-refractivity contribution is 0.580. The van der Waals surface area contributed by atoms with Crippen molar-refractivity contribution < 1.29 is 16.8 Å². The quantitative estimate of drug-likeness (QED) is 0.441. The van der Waals surface area contributed by atoms with E-state index in [0.29, 0.717) is 0 Å². The third-order valence-electron chi connectivity index (χ3n) is 5.03. The average Bonchev–Trinajstić information content (AvgIpc) is 3.14. The van der Waals surface area contributed by atoms with Crippen LogP contribution in [0.4, 0.5) is 0 Å². The van der Waals surface area contributed by atoms with Crippen molar-refractivity contribution in [3.8, 4) is 11.4 Å². The molecule has 0 radical (unpaired) electrons. The van der Waals surface area contributed by atoms with Crippen LogP contribution in [0.2, 0.25) is 0 Å². The highest BCUT2D eigenvalue weighted by Gasteiger charge is 2.34. The van der Waals surface area contributed by atoms with Gasteiger partial charge in [0, 0.05) is 6.20 Å². The van der Waals surface area contributed by atoms with Crippen LogP contribution in [0.15, 0.2) is 87.6 Å². The van der Waals surface area contributed by atoms with E-state index in [-0.39, 0.29) is 31.8 Å². The summed E-state index contributed by atoms with van der Waals surface area (Å²) in [5, 5.41) is 4.18. The zero-order chi connectivity index (χ0) is 23.1. The first-order valence-corrected chi connectivity index (χ1v) is 12.7. The van der Waals surface area contributed by atoms with Crippen LogP contribution < -0.4 is 0 Å². The molecule has 0 saturated carbocycles. The first-order chi connectivity index (χ1) is 15.1. The Kier molecular flexibility index (Phi) is 5.47. The van der Waals surface area contributed by atoms with Gasteiger partial charge in [-0.15, -0.1) is 4.09 Å². The van der Waals surface area contributed by atoms with Gasteiger partial charge in [0.2, 0.25) is 9.84 Å². The second kappa shape index (κ2) is 7.99. The molecule has 7 nitrogen and oxygen atoms in total. The molecule has 0 amide bonds. The summed E-state index contributed by atoms with van der Waals surface area (Å²) in [4.78, 5) is 4.11. The number of pyridine rings is 1. The SMILES string of the molecule is Cc1ccc(S(=O)(=O)c2c(C)nn(S(=O)(=O)c3ccc(C)cc3)c2-c2ccccn2)cc1. The molecule has 2 aromatic carbocycles. The van der Waals surface area contributed by atoms with Gasteiger partial charge < -0.3 is 0 Å². The summed E-state index contributed by atoms with van der Waals surface area (Å²) in [5.41, 5.74) is 1.97. The van der Waals surface area contributed by atoms with Gasteiger partial charge >= 0.3 is 0 Å². The lowest BCUT2D eigenvalue weighted by atomic mass is 10.2. The predicted octanol–water partition coefficient (Wildman–Crippen LogP) is 3.94. The van der Waals surface area contributed by atoms with Gasteiger partial charge in [0.25, 0.3) is 10.0 Å². The average molecular weight is 468 g/mol. The molecule has 0 fully saturated rings. The van der Waals surface area contributed by atoms with Crippen molar-refractivity contribution in [2.75, 3.05) is 0 Å². The fourth-order valence-corrected chi connectivity index (χ4v) is 6.35. The maximum atomic E-state index is 13.6. The number of aryl methyl sites for hydroxylation is 3. The van der Waals surface area contributed by atoms with Gasteiger partial charge in [0.1, 0.15) is 10.6 Å². The van der Waals surface area contributed by atoms with Crippen LogP contribution in [0.3, 0.4) is 0 Å². The Morgan fingerprint density at radius 2 is 1.28 bits per heavy atom. The molecule has 0 bridgehead atoms. The molecule has 0 spiro atoms. The highest BCUT2D eigenvalue weighted by atomic mass is 32.2. The van der Waals surface area contributed by atoms with E-state index < -0.39 is 19.9 Å². The Hall–Kier alpha value is -3.30. The summed E-state index contributed by atoms with van der Waals surface area (Å²) in [5.74, 6) is 0. The van der Waals surface area contributed by atoms with E-state index in [1.54, 1.807) is 42.5 Å². The van der Waals surface area contributed by atoms with Crippen molar-refractivity contribution in [1.29, 1.82) is 0 Å². The first-order valence-electron chi connectivity index (χ1n) is 9.77. The van der Waals surface area contributed by atoms with Crippen LogP contribution in [0.25, 0.3) is 11.4 Å². The van der Waals surface area contributed by atoms with Gasteiger partial charge in [0.15, 0.2) is 0 Å². The fraction of sp³-hybridized carbons (Fsp3) is 0.130. The zero-order valence-corrected chi connectivity index (χ0v) is 19.4. The lowest BCUT2D eigenvalue weighted by Gasteiger charge is -2.11. The summed E-state index contributed by atoms with van der Waals surface area (Å²) < 4.78 is 55.0. The molecule has 0 aliphatic carbocycles. The molecule has 164 valence electrons. The number of nitrogens with zero attached hydrogens (tertiary/aromatic N) is 3. The van der Waals surface area contributed by atoms with Crippen LogP contribution in [0, 0.1) is 20.8 Å². The van der Waals surface area contributed by atoms with Crippen LogP contribution >= 0.6 is 0 Å². The number of hydrogen-bond acceptors (Lipinski definition) is 6. The van der Waals surface area contributed by atoms with E-state index in [0.717, 1.165) is 15.2 Å². The Bertz CT molecular complexity index is 1490. The Morgan fingerprint density at radius 1 is 0.719 bits per heavy atom. The third-order valence-corrected chi connectivity index (χ3v) is 8.54. The summed E-state index contributed by atoms with van der Waals surface area (Å²) in [6.07, 6.45) is 1.47. The Balaban J connectivity index is 2.04. The minimum Gasteiger partial charge on any atom is -0.255 e. The van der Waals surface area contributed by atoms with Crippen LogP contribution in [0.1, 0.15) is 16.8 Å². The van der Waals surface area contributed by atoms with Crippen LogP contribution in [0.5, 0.6) is 0 Å². The molecule has 2 aromatic heterocycles. The van der Waals surface area contributed by atoms with Gasteiger partial charge in [-0.1, -0.05) is 41.5 Å². The van der Waals surface area contributed by atoms with Gasteiger partial charge in [-0.05, 0) is 57.2 Å². The number of rotatable bonds is 5. The second-order valence-electron chi connectivity index (χ2n) is 7.46. The normalized spacial score (nSPS) is 12.1. The molecule has 0 aliphatic rings. The van der Waals surface area contributed by atoms with Crippen molar-refractivity contribution >= 4 is 19.9 Å². The van der Waals surface area contributed by atoms with E-state index in [1.165, 1.54) is 37.4 Å². The molecular formula is C23H21N3O4S2. The Labute approximate surface area is 187 Å². The number of sulfone groups is 1. The van der Waals surface area contributed by atoms with E-state index in [4.69, 9.17) is 0 Å². The molecule has 4 rings (SSSR count). The fourth-order valence-electron chi connectivity index (χ4n) is 3.35. The minimum atomic E-state index is -4.18. The van der Waals surface area contributed by atoms with Gasteiger partial charge in [-0.2, -0.15) is 13.5 Å². The van der Waals surface area contributed by atoms with Crippen molar-refractivity contribution in [3.63, 3.8) is 0 Å². The van der Waals surface area contributed by atoms with E-state index in [9.17, 15) is 16.8 Å². The van der Waals surface area contributed by atoms with E-state index in [2.05, 4.69) is 10.1 Å². The van der Waals surface area contributed by atoms with E-state index in [1.807, 2.05) is 13.8 Å². The standard InChI is InChI=1S/C23H21N3O4S2/c1-16-7-11-19(12-8-16)31(27,28)23-18(3)25-26(22(23)21-6-4-5-15-24-21)32(29,30)20-13-9-17(2)10-14-20/h4-15H,1-3H3. The summed E-state index contributed by atoms with van der Waals surface area (Å²) in [6.45, 7) is 5.18. The Morgan fingerprint density at radius 3 is 1.81 bits per heavy atom. The van der Waals surface area contributed by atoms with Gasteiger partial charge in [-0.25, -0.2) is 8.42 Å². The minimum absolute atomic E-state index is 0.00191. The van der Waals surface area contributed by atoms with Crippen LogP contribution in [-0.4, -0.2) is 31.0 Å². The second-order valence-corrected chi connectivity index (χ2v) is 11.1. The van der Waals surface area contributed by atoms with Crippen molar-refractivity contribution in [2.45, 2.75) is 35.5 Å². The summed E-state index contributed by atoms with van der Waals surface area (Å²) in [6, 6.07) is 17.6. The summed E-state index contributed by atoms with van der Waals surface area (Å²) >= 11 is 0. The number of hydrogen-bond donors (Lipinski definition) is 0. The monoisotopic (exact) mass is 467 g/mol. The van der Waals surface area contributed by atoms with Gasteiger partial charge in [0.05, 0.1) is 21.2 Å². The number of benzene rings is 2. The van der Waals surface area contributed by atoms with Gasteiger partial charge in [-0.3, -0.25) is 4.98 Å². The smallest absolute Gasteiger partial charge is 0.255 e. The highest BCUT2D eigenvalue weighted by Crippen LogP contribution is 2.35. The van der Waals surface area contributed by atoms with Crippen LogP contribution in [-0.2, 0) is 19.9 Å². The maximum absolute atomic E-state index is 13.6.